The summed E-state index contributed by atoms with van der Waals surface area (Å²) in [6.07, 6.45) is -1.01. The van der Waals surface area contributed by atoms with E-state index in [4.69, 9.17) is 0 Å². The van der Waals surface area contributed by atoms with Crippen molar-refractivity contribution in [2.24, 2.45) is 5.92 Å². The van der Waals surface area contributed by atoms with Gasteiger partial charge in [-0.2, -0.15) is 0 Å². The number of aliphatic hydroxyl groups excluding tert-OH is 1. The van der Waals surface area contributed by atoms with Crippen LogP contribution in [0, 0.1) is 23.4 Å². The molecule has 1 heterocycles. The minimum Gasteiger partial charge on any atom is -0.481 e. The quantitative estimate of drug-likeness (QED) is 0.826. The molecule has 2 rings (SSSR count). The van der Waals surface area contributed by atoms with E-state index in [2.05, 4.69) is 0 Å². The van der Waals surface area contributed by atoms with Crippen molar-refractivity contribution in [3.63, 3.8) is 0 Å². The highest BCUT2D eigenvalue weighted by Crippen LogP contribution is 2.38. The predicted molar refractivity (Wildman–Crippen MR) is 72.8 cm³/mol. The van der Waals surface area contributed by atoms with E-state index in [1.165, 1.54) is 6.92 Å². The molecular formula is C15H16F3NO4. The normalized spacial score (nSPS) is 23.0. The zero-order valence-corrected chi connectivity index (χ0v) is 12.3. The highest BCUT2D eigenvalue weighted by Gasteiger charge is 2.41. The number of amides is 1. The van der Waals surface area contributed by atoms with Gasteiger partial charge in [-0.15, -0.1) is 0 Å². The molecule has 1 fully saturated rings. The van der Waals surface area contributed by atoms with Gasteiger partial charge < -0.3 is 15.1 Å². The molecular weight excluding hydrogens is 315 g/mol. The fourth-order valence-corrected chi connectivity index (χ4v) is 2.87. The van der Waals surface area contributed by atoms with Crippen LogP contribution >= 0.6 is 0 Å². The second kappa shape index (κ2) is 6.57. The second-order valence-corrected chi connectivity index (χ2v) is 5.62. The molecule has 23 heavy (non-hydrogen) atoms. The molecule has 0 aromatic heterocycles. The molecule has 0 bridgehead atoms. The van der Waals surface area contributed by atoms with Gasteiger partial charge in [0.15, 0.2) is 17.5 Å². The van der Waals surface area contributed by atoms with E-state index in [9.17, 15) is 33.0 Å². The van der Waals surface area contributed by atoms with E-state index >= 15 is 0 Å². The number of hydrogen-bond acceptors (Lipinski definition) is 3. The van der Waals surface area contributed by atoms with Gasteiger partial charge in [0.2, 0.25) is 5.91 Å². The lowest BCUT2D eigenvalue weighted by molar-refractivity contribution is -0.153. The number of carbonyl (C=O) groups is 2. The molecule has 1 saturated heterocycles. The summed E-state index contributed by atoms with van der Waals surface area (Å²) >= 11 is 0. The summed E-state index contributed by atoms with van der Waals surface area (Å²) in [5.41, 5.74) is -0.150. The molecule has 1 aromatic carbocycles. The number of likely N-dealkylation sites (tertiary alicyclic amines) is 1. The van der Waals surface area contributed by atoms with E-state index in [0.29, 0.717) is 12.1 Å². The van der Waals surface area contributed by atoms with Crippen molar-refractivity contribution < 1.29 is 33.0 Å². The standard InChI is InChI=1S/C15H16F3NO4/c1-7(20)6-19-12(21)3-2-9(15(22)23)14(19)8-4-10(16)13(18)11(17)5-8/h4-5,7,9,14,20H,2-3,6H2,1H3,(H,22,23). The van der Waals surface area contributed by atoms with Gasteiger partial charge in [0, 0.05) is 13.0 Å². The number of carboxylic acid groups (broad SMARTS) is 1. The lowest BCUT2D eigenvalue weighted by Gasteiger charge is -2.40. The van der Waals surface area contributed by atoms with Crippen LogP contribution in [0.3, 0.4) is 0 Å². The lowest BCUT2D eigenvalue weighted by Crippen LogP contribution is -2.47. The summed E-state index contributed by atoms with van der Waals surface area (Å²) in [4.78, 5) is 24.6. The van der Waals surface area contributed by atoms with Crippen LogP contribution < -0.4 is 0 Å². The average molecular weight is 331 g/mol. The maximum absolute atomic E-state index is 13.5. The number of piperidine rings is 1. The van der Waals surface area contributed by atoms with E-state index in [-0.39, 0.29) is 24.9 Å². The number of aliphatic carboxylic acids is 1. The van der Waals surface area contributed by atoms with Gasteiger partial charge in [-0.05, 0) is 31.0 Å². The largest absolute Gasteiger partial charge is 0.481 e. The first-order chi connectivity index (χ1) is 10.7. The molecule has 0 radical (unpaired) electrons. The number of nitrogens with zero attached hydrogens (tertiary/aromatic N) is 1. The molecule has 126 valence electrons. The van der Waals surface area contributed by atoms with Gasteiger partial charge in [-0.3, -0.25) is 9.59 Å². The van der Waals surface area contributed by atoms with Gasteiger partial charge in [0.05, 0.1) is 18.1 Å². The number of carbonyl (C=O) groups excluding carboxylic acids is 1. The lowest BCUT2D eigenvalue weighted by atomic mass is 9.84. The van der Waals surface area contributed by atoms with Crippen LogP contribution in [0.25, 0.3) is 0 Å². The Kier molecular flexibility index (Phi) is 4.93. The molecule has 3 atom stereocenters. The van der Waals surface area contributed by atoms with Gasteiger partial charge in [0.25, 0.3) is 0 Å². The predicted octanol–water partition coefficient (Wildman–Crippen LogP) is 1.85. The highest BCUT2D eigenvalue weighted by atomic mass is 19.2. The molecule has 1 aliphatic heterocycles. The molecule has 3 unspecified atom stereocenters. The van der Waals surface area contributed by atoms with E-state index in [1.807, 2.05) is 0 Å². The summed E-state index contributed by atoms with van der Waals surface area (Å²) in [5.74, 6) is -7.35. The summed E-state index contributed by atoms with van der Waals surface area (Å²) in [6.45, 7) is 1.22. The monoisotopic (exact) mass is 331 g/mol. The van der Waals surface area contributed by atoms with E-state index in [0.717, 1.165) is 4.90 Å². The smallest absolute Gasteiger partial charge is 0.308 e. The van der Waals surface area contributed by atoms with Crippen molar-refractivity contribution in [3.05, 3.63) is 35.1 Å². The molecule has 1 aliphatic rings. The van der Waals surface area contributed by atoms with Crippen molar-refractivity contribution in [1.82, 2.24) is 4.90 Å². The third-order valence-corrected chi connectivity index (χ3v) is 3.83. The molecule has 5 nitrogen and oxygen atoms in total. The van der Waals surface area contributed by atoms with Crippen LogP contribution in [0.5, 0.6) is 0 Å². The van der Waals surface area contributed by atoms with Crippen molar-refractivity contribution >= 4 is 11.9 Å². The van der Waals surface area contributed by atoms with Crippen LogP contribution in [0.4, 0.5) is 13.2 Å². The molecule has 1 aromatic rings. The number of benzene rings is 1. The zero-order chi connectivity index (χ0) is 17.3. The Bertz CT molecular complexity index is 612. The number of aliphatic hydroxyl groups is 1. The number of β-amino-alcohol motifs (C(OH)–C–C–N with tert-alkyl or cyclic N) is 1. The molecule has 8 heteroatoms. The Morgan fingerprint density at radius 3 is 2.39 bits per heavy atom. The maximum atomic E-state index is 13.5. The number of carboxylic acids is 1. The Balaban J connectivity index is 2.52. The van der Waals surface area contributed by atoms with Gasteiger partial charge in [-0.25, -0.2) is 13.2 Å². The summed E-state index contributed by atoms with van der Waals surface area (Å²) in [7, 11) is 0. The molecule has 0 saturated carbocycles. The van der Waals surface area contributed by atoms with Crippen molar-refractivity contribution in [2.75, 3.05) is 6.54 Å². The summed E-state index contributed by atoms with van der Waals surface area (Å²) in [6, 6.07) is 0.201. The van der Waals surface area contributed by atoms with Crippen LogP contribution in [0.2, 0.25) is 0 Å². The molecule has 0 spiro atoms. The Labute approximate surface area is 130 Å². The van der Waals surface area contributed by atoms with E-state index in [1.54, 1.807) is 0 Å². The number of halogens is 3. The third-order valence-electron chi connectivity index (χ3n) is 3.83. The topological polar surface area (TPSA) is 77.8 Å². The third kappa shape index (κ3) is 3.47. The first-order valence-electron chi connectivity index (χ1n) is 7.07. The number of rotatable bonds is 4. The molecule has 0 aliphatic carbocycles. The Morgan fingerprint density at radius 1 is 1.35 bits per heavy atom. The fourth-order valence-electron chi connectivity index (χ4n) is 2.87. The van der Waals surface area contributed by atoms with Crippen LogP contribution in [0.1, 0.15) is 31.4 Å². The summed E-state index contributed by atoms with van der Waals surface area (Å²) < 4.78 is 40.1. The summed E-state index contributed by atoms with van der Waals surface area (Å²) in [5, 5.41) is 18.9. The Morgan fingerprint density at radius 2 is 1.91 bits per heavy atom. The maximum Gasteiger partial charge on any atom is 0.308 e. The highest BCUT2D eigenvalue weighted by molar-refractivity contribution is 5.81. The first-order valence-corrected chi connectivity index (χ1v) is 7.07. The van der Waals surface area contributed by atoms with Crippen molar-refractivity contribution in [1.29, 1.82) is 0 Å². The van der Waals surface area contributed by atoms with Gasteiger partial charge in [0.1, 0.15) is 0 Å². The van der Waals surface area contributed by atoms with Crippen molar-refractivity contribution in [2.45, 2.75) is 31.9 Å². The van der Waals surface area contributed by atoms with Crippen LogP contribution in [0.15, 0.2) is 12.1 Å². The first kappa shape index (κ1) is 17.3. The number of hydrogen-bond donors (Lipinski definition) is 2. The minimum absolute atomic E-state index is 0.00421. The average Bonchev–Trinajstić information content (AvgIpc) is 2.45. The van der Waals surface area contributed by atoms with Crippen molar-refractivity contribution in [3.8, 4) is 0 Å². The second-order valence-electron chi connectivity index (χ2n) is 5.62. The van der Waals surface area contributed by atoms with Crippen LogP contribution in [-0.2, 0) is 9.59 Å². The van der Waals surface area contributed by atoms with Gasteiger partial charge >= 0.3 is 5.97 Å². The Hall–Kier alpha value is -2.09. The molecule has 2 N–H and O–H groups in total. The van der Waals surface area contributed by atoms with Crippen LogP contribution in [-0.4, -0.2) is 39.6 Å². The SMILES string of the molecule is CC(O)CN1C(=O)CCC(C(=O)O)C1c1cc(F)c(F)c(F)c1. The fraction of sp³-hybridized carbons (Fsp3) is 0.467. The van der Waals surface area contributed by atoms with Gasteiger partial charge in [-0.1, -0.05) is 0 Å². The molecule has 1 amide bonds. The zero-order valence-electron chi connectivity index (χ0n) is 12.3. The minimum atomic E-state index is -1.66. The van der Waals surface area contributed by atoms with E-state index < -0.39 is 47.4 Å².